The molecule has 0 aromatic carbocycles. The number of pyridine rings is 1. The minimum Gasteiger partial charge on any atom is -0.312 e. The second kappa shape index (κ2) is 5.59. The van der Waals surface area contributed by atoms with Crippen LogP contribution in [-0.4, -0.2) is 21.1 Å². The lowest BCUT2D eigenvalue weighted by atomic mass is 10.2. The molecule has 4 heteroatoms. The van der Waals surface area contributed by atoms with Gasteiger partial charge in [-0.1, -0.05) is 13.8 Å². The van der Waals surface area contributed by atoms with E-state index in [1.54, 1.807) is 18.7 Å². The molecule has 2 rings (SSSR count). The van der Waals surface area contributed by atoms with Crippen LogP contribution < -0.4 is 5.32 Å². The summed E-state index contributed by atoms with van der Waals surface area (Å²) in [5, 5.41) is 3.43. The van der Waals surface area contributed by atoms with Crippen LogP contribution in [0.4, 0.5) is 0 Å². The van der Waals surface area contributed by atoms with E-state index in [-0.39, 0.29) is 0 Å². The van der Waals surface area contributed by atoms with E-state index in [0.29, 0.717) is 5.92 Å². The average Bonchev–Trinajstić information content (AvgIpc) is 2.82. The van der Waals surface area contributed by atoms with E-state index in [9.17, 15) is 0 Å². The third-order valence-electron chi connectivity index (χ3n) is 2.53. The van der Waals surface area contributed by atoms with Crippen LogP contribution in [0.25, 0.3) is 5.69 Å². The molecule has 90 valence electrons. The van der Waals surface area contributed by atoms with Crippen molar-refractivity contribution in [2.75, 3.05) is 6.54 Å². The topological polar surface area (TPSA) is 42.7 Å². The average molecular weight is 230 g/mol. The number of nitrogens with zero attached hydrogens (tertiary/aromatic N) is 3. The highest BCUT2D eigenvalue weighted by Crippen LogP contribution is 2.12. The predicted molar refractivity (Wildman–Crippen MR) is 67.9 cm³/mol. The van der Waals surface area contributed by atoms with E-state index >= 15 is 0 Å². The number of hydrogen-bond acceptors (Lipinski definition) is 3. The van der Waals surface area contributed by atoms with Crippen LogP contribution in [0, 0.1) is 5.92 Å². The smallest absolute Gasteiger partial charge is 0.0991 e. The fourth-order valence-corrected chi connectivity index (χ4v) is 1.71. The van der Waals surface area contributed by atoms with Crippen LogP contribution in [0.5, 0.6) is 0 Å². The fourth-order valence-electron chi connectivity index (χ4n) is 1.71. The Labute approximate surface area is 102 Å². The first-order valence-electron chi connectivity index (χ1n) is 5.89. The molecule has 4 nitrogen and oxygen atoms in total. The maximum atomic E-state index is 4.18. The Balaban J connectivity index is 2.11. The monoisotopic (exact) mass is 230 g/mol. The van der Waals surface area contributed by atoms with Crippen molar-refractivity contribution < 1.29 is 0 Å². The zero-order chi connectivity index (χ0) is 12.1. The van der Waals surface area contributed by atoms with Gasteiger partial charge in [0.1, 0.15) is 0 Å². The molecule has 0 aliphatic carbocycles. The van der Waals surface area contributed by atoms with Gasteiger partial charge in [-0.3, -0.25) is 4.98 Å². The second-order valence-electron chi connectivity index (χ2n) is 4.50. The molecule has 0 unspecified atom stereocenters. The lowest BCUT2D eigenvalue weighted by Gasteiger charge is -2.11. The molecule has 2 aromatic rings. The molecule has 2 aromatic heterocycles. The van der Waals surface area contributed by atoms with Crippen molar-refractivity contribution in [3.05, 3.63) is 42.7 Å². The molecular weight excluding hydrogens is 212 g/mol. The maximum Gasteiger partial charge on any atom is 0.0991 e. The van der Waals surface area contributed by atoms with Crippen LogP contribution in [0.1, 0.15) is 19.4 Å². The molecular formula is C13H18N4. The Morgan fingerprint density at radius 1 is 1.29 bits per heavy atom. The Morgan fingerprint density at radius 2 is 2.18 bits per heavy atom. The Bertz CT molecular complexity index is 448. The predicted octanol–water partition coefficient (Wildman–Crippen LogP) is 2.01. The Morgan fingerprint density at radius 3 is 2.88 bits per heavy atom. The number of rotatable bonds is 5. The first kappa shape index (κ1) is 11.8. The van der Waals surface area contributed by atoms with Gasteiger partial charge in [-0.2, -0.15) is 0 Å². The maximum absolute atomic E-state index is 4.18. The zero-order valence-electron chi connectivity index (χ0n) is 10.3. The van der Waals surface area contributed by atoms with E-state index in [1.807, 2.05) is 23.0 Å². The van der Waals surface area contributed by atoms with E-state index in [4.69, 9.17) is 0 Å². The number of nitrogens with one attached hydrogen (secondary N) is 1. The number of imidazole rings is 1. The van der Waals surface area contributed by atoms with Crippen molar-refractivity contribution in [1.82, 2.24) is 19.9 Å². The summed E-state index contributed by atoms with van der Waals surface area (Å²) in [7, 11) is 0. The summed E-state index contributed by atoms with van der Waals surface area (Å²) >= 11 is 0. The van der Waals surface area contributed by atoms with Crippen LogP contribution >= 0.6 is 0 Å². The molecule has 1 N–H and O–H groups in total. The normalized spacial score (nSPS) is 11.0. The van der Waals surface area contributed by atoms with Gasteiger partial charge in [0.05, 0.1) is 12.0 Å². The van der Waals surface area contributed by atoms with Gasteiger partial charge in [-0.15, -0.1) is 0 Å². The minimum absolute atomic E-state index is 0.656. The van der Waals surface area contributed by atoms with Gasteiger partial charge < -0.3 is 9.88 Å². The summed E-state index contributed by atoms with van der Waals surface area (Å²) in [4.78, 5) is 8.25. The summed E-state index contributed by atoms with van der Waals surface area (Å²) in [6.45, 7) is 6.25. The molecule has 0 saturated heterocycles. The van der Waals surface area contributed by atoms with Crippen LogP contribution in [0.15, 0.2) is 37.2 Å². The van der Waals surface area contributed by atoms with Gasteiger partial charge in [0.2, 0.25) is 0 Å². The van der Waals surface area contributed by atoms with E-state index in [2.05, 4.69) is 29.1 Å². The SMILES string of the molecule is CC(C)CNCc1cnccc1-n1ccnc1. The fraction of sp³-hybridized carbons (Fsp3) is 0.385. The van der Waals surface area contributed by atoms with Crippen LogP contribution in [-0.2, 0) is 6.54 Å². The van der Waals surface area contributed by atoms with Crippen molar-refractivity contribution in [3.8, 4) is 5.69 Å². The quantitative estimate of drug-likeness (QED) is 0.854. The second-order valence-corrected chi connectivity index (χ2v) is 4.50. The summed E-state index contributed by atoms with van der Waals surface area (Å²) in [6.07, 6.45) is 9.25. The molecule has 0 bridgehead atoms. The molecule has 0 saturated carbocycles. The van der Waals surface area contributed by atoms with E-state index in [1.165, 1.54) is 5.56 Å². The first-order chi connectivity index (χ1) is 8.27. The highest BCUT2D eigenvalue weighted by atomic mass is 15.0. The molecule has 0 radical (unpaired) electrons. The molecule has 0 fully saturated rings. The van der Waals surface area contributed by atoms with Gasteiger partial charge in [0.25, 0.3) is 0 Å². The van der Waals surface area contributed by atoms with Crippen molar-refractivity contribution in [2.24, 2.45) is 5.92 Å². The van der Waals surface area contributed by atoms with E-state index < -0.39 is 0 Å². The molecule has 17 heavy (non-hydrogen) atoms. The largest absolute Gasteiger partial charge is 0.312 e. The lowest BCUT2D eigenvalue weighted by Crippen LogP contribution is -2.20. The summed E-state index contributed by atoms with van der Waals surface area (Å²) in [5.41, 5.74) is 2.32. The van der Waals surface area contributed by atoms with Crippen molar-refractivity contribution in [1.29, 1.82) is 0 Å². The van der Waals surface area contributed by atoms with Crippen molar-refractivity contribution in [2.45, 2.75) is 20.4 Å². The van der Waals surface area contributed by atoms with Crippen molar-refractivity contribution in [3.63, 3.8) is 0 Å². The van der Waals surface area contributed by atoms with Gasteiger partial charge in [-0.25, -0.2) is 4.98 Å². The van der Waals surface area contributed by atoms with Gasteiger partial charge >= 0.3 is 0 Å². The van der Waals surface area contributed by atoms with Crippen LogP contribution in [0.3, 0.4) is 0 Å². The summed E-state index contributed by atoms with van der Waals surface area (Å²) in [6, 6.07) is 2.01. The highest BCUT2D eigenvalue weighted by Gasteiger charge is 2.04. The zero-order valence-corrected chi connectivity index (χ0v) is 10.3. The summed E-state index contributed by atoms with van der Waals surface area (Å²) in [5.74, 6) is 0.656. The number of aromatic nitrogens is 3. The van der Waals surface area contributed by atoms with Crippen molar-refractivity contribution >= 4 is 0 Å². The highest BCUT2D eigenvalue weighted by molar-refractivity contribution is 5.38. The first-order valence-corrected chi connectivity index (χ1v) is 5.89. The third kappa shape index (κ3) is 3.14. The third-order valence-corrected chi connectivity index (χ3v) is 2.53. The molecule has 0 amide bonds. The Hall–Kier alpha value is -1.68. The standard InChI is InChI=1S/C13H18N4/c1-11(2)7-16-9-12-8-14-4-3-13(12)17-6-5-15-10-17/h3-6,8,10-11,16H,7,9H2,1-2H3. The molecule has 0 spiro atoms. The number of hydrogen-bond donors (Lipinski definition) is 1. The van der Waals surface area contributed by atoms with E-state index in [0.717, 1.165) is 18.8 Å². The van der Waals surface area contributed by atoms with Gasteiger partial charge in [0, 0.05) is 36.9 Å². The minimum atomic E-state index is 0.656. The lowest BCUT2D eigenvalue weighted by molar-refractivity contribution is 0.551. The van der Waals surface area contributed by atoms with Gasteiger partial charge in [0.15, 0.2) is 0 Å². The molecule has 0 aliphatic heterocycles. The summed E-state index contributed by atoms with van der Waals surface area (Å²) < 4.78 is 2.01. The molecule has 2 heterocycles. The Kier molecular flexibility index (Phi) is 3.88. The van der Waals surface area contributed by atoms with Gasteiger partial charge in [-0.05, 0) is 18.5 Å². The molecule has 0 aliphatic rings. The molecule has 0 atom stereocenters. The van der Waals surface area contributed by atoms with Crippen LogP contribution in [0.2, 0.25) is 0 Å².